The summed E-state index contributed by atoms with van der Waals surface area (Å²) in [5, 5.41) is 0.735. The second-order valence-corrected chi connectivity index (χ2v) is 6.72. The fraction of sp³-hybridized carbons (Fsp3) is 0.0588. The van der Waals surface area contributed by atoms with Crippen molar-refractivity contribution in [3.8, 4) is 5.75 Å². The van der Waals surface area contributed by atoms with Crippen molar-refractivity contribution >= 4 is 54.4 Å². The summed E-state index contributed by atoms with van der Waals surface area (Å²) in [6, 6.07) is 12.4. The molecule has 5 nitrogen and oxygen atoms in total. The molecule has 0 aliphatic carbocycles. The zero-order valence-corrected chi connectivity index (χ0v) is 15.7. The van der Waals surface area contributed by atoms with Crippen LogP contribution in [0.2, 0.25) is 0 Å². The molecule has 0 aliphatic heterocycles. The number of amides is 1. The Morgan fingerprint density at radius 3 is 2.50 bits per heavy atom. The summed E-state index contributed by atoms with van der Waals surface area (Å²) in [5.41, 5.74) is 7.04. The number of halogens is 2. The van der Waals surface area contributed by atoms with Gasteiger partial charge in [0.05, 0.1) is 17.3 Å². The monoisotopic (exact) mass is 450 g/mol. The first-order chi connectivity index (χ1) is 11.5. The van der Waals surface area contributed by atoms with Crippen LogP contribution in [0.3, 0.4) is 0 Å². The van der Waals surface area contributed by atoms with Crippen LogP contribution in [-0.2, 0) is 0 Å². The van der Waals surface area contributed by atoms with Crippen LogP contribution in [0.25, 0.3) is 11.0 Å². The molecule has 0 fully saturated rings. The van der Waals surface area contributed by atoms with Gasteiger partial charge in [-0.2, -0.15) is 0 Å². The maximum Gasteiger partial charge on any atom is 0.254 e. The molecule has 0 bridgehead atoms. The summed E-state index contributed by atoms with van der Waals surface area (Å²) in [6.45, 7) is 0. The van der Waals surface area contributed by atoms with Crippen LogP contribution in [0.5, 0.6) is 5.75 Å². The van der Waals surface area contributed by atoms with E-state index in [1.165, 1.54) is 0 Å². The van der Waals surface area contributed by atoms with E-state index in [9.17, 15) is 4.79 Å². The Labute approximate surface area is 154 Å². The van der Waals surface area contributed by atoms with Crippen molar-refractivity contribution in [1.82, 2.24) is 0 Å². The van der Waals surface area contributed by atoms with Crippen LogP contribution >= 0.6 is 31.9 Å². The molecule has 2 N–H and O–H groups in total. The van der Waals surface area contributed by atoms with Crippen molar-refractivity contribution in [3.63, 3.8) is 0 Å². The lowest BCUT2D eigenvalue weighted by atomic mass is 10.2. The number of ether oxygens (including phenoxy) is 1. The summed E-state index contributed by atoms with van der Waals surface area (Å²) >= 11 is 6.86. The zero-order chi connectivity index (χ0) is 17.3. The maximum absolute atomic E-state index is 11.8. The molecule has 0 spiro atoms. The van der Waals surface area contributed by atoms with Crippen molar-refractivity contribution in [1.29, 1.82) is 0 Å². The van der Waals surface area contributed by atoms with Gasteiger partial charge in [0, 0.05) is 9.86 Å². The van der Waals surface area contributed by atoms with Crippen molar-refractivity contribution in [3.05, 3.63) is 62.5 Å². The van der Waals surface area contributed by atoms with Crippen molar-refractivity contribution in [2.75, 3.05) is 7.11 Å². The molecule has 2 aromatic carbocycles. The molecule has 3 aromatic rings. The SMILES string of the molecule is COc1ccc(N=c2oc3c(Br)cc(Br)cc3cc2C(N)=O)cc1. The topological polar surface area (TPSA) is 77.8 Å². The number of benzene rings is 2. The minimum atomic E-state index is -0.607. The van der Waals surface area contributed by atoms with E-state index < -0.39 is 5.91 Å². The highest BCUT2D eigenvalue weighted by Crippen LogP contribution is 2.28. The summed E-state index contributed by atoms with van der Waals surface area (Å²) in [4.78, 5) is 16.2. The van der Waals surface area contributed by atoms with Gasteiger partial charge in [-0.25, -0.2) is 4.99 Å². The Morgan fingerprint density at radius 2 is 1.88 bits per heavy atom. The Hall–Kier alpha value is -2.12. The molecule has 24 heavy (non-hydrogen) atoms. The third-order valence-corrected chi connectivity index (χ3v) is 4.38. The number of hydrogen-bond donors (Lipinski definition) is 1. The van der Waals surface area contributed by atoms with E-state index in [-0.39, 0.29) is 11.1 Å². The fourth-order valence-corrected chi connectivity index (χ4v) is 3.54. The summed E-state index contributed by atoms with van der Waals surface area (Å²) in [5.74, 6) is 0.108. The summed E-state index contributed by atoms with van der Waals surface area (Å²) in [7, 11) is 1.59. The molecule has 1 amide bonds. The first-order valence-corrected chi connectivity index (χ1v) is 8.48. The third-order valence-electron chi connectivity index (χ3n) is 3.33. The molecule has 0 unspecified atom stereocenters. The Bertz CT molecular complexity index is 995. The summed E-state index contributed by atoms with van der Waals surface area (Å²) in [6.07, 6.45) is 0. The van der Waals surface area contributed by atoms with Gasteiger partial charge in [-0.3, -0.25) is 4.79 Å². The second-order valence-electron chi connectivity index (χ2n) is 4.95. The molecule has 7 heteroatoms. The molecule has 0 atom stereocenters. The third kappa shape index (κ3) is 3.37. The van der Waals surface area contributed by atoms with Crippen molar-refractivity contribution < 1.29 is 13.9 Å². The number of primary amides is 1. The van der Waals surface area contributed by atoms with E-state index in [2.05, 4.69) is 36.9 Å². The second kappa shape index (κ2) is 6.78. The van der Waals surface area contributed by atoms with Crippen LogP contribution < -0.4 is 16.0 Å². The van der Waals surface area contributed by atoms with E-state index in [1.54, 1.807) is 37.4 Å². The first kappa shape index (κ1) is 16.7. The number of carbonyl (C=O) groups is 1. The number of nitrogens with two attached hydrogens (primary N) is 1. The Kier molecular flexibility index (Phi) is 4.73. The fourth-order valence-electron chi connectivity index (χ4n) is 2.20. The predicted molar refractivity (Wildman–Crippen MR) is 98.3 cm³/mol. The predicted octanol–water partition coefficient (Wildman–Crippen LogP) is 4.30. The first-order valence-electron chi connectivity index (χ1n) is 6.89. The number of hydrogen-bond acceptors (Lipinski definition) is 4. The van der Waals surface area contributed by atoms with Crippen molar-refractivity contribution in [2.45, 2.75) is 0 Å². The van der Waals surface area contributed by atoms with E-state index in [4.69, 9.17) is 14.9 Å². The molecule has 0 radical (unpaired) electrons. The van der Waals surface area contributed by atoms with Crippen LogP contribution in [-0.4, -0.2) is 13.0 Å². The molecule has 1 aromatic heterocycles. The van der Waals surface area contributed by atoms with Gasteiger partial charge in [-0.05, 0) is 58.4 Å². The lowest BCUT2D eigenvalue weighted by molar-refractivity contribution is 0.0996. The minimum absolute atomic E-state index is 0.156. The van der Waals surface area contributed by atoms with Gasteiger partial charge < -0.3 is 14.9 Å². The average molecular weight is 452 g/mol. The minimum Gasteiger partial charge on any atom is -0.497 e. The zero-order valence-electron chi connectivity index (χ0n) is 12.5. The largest absolute Gasteiger partial charge is 0.497 e. The summed E-state index contributed by atoms with van der Waals surface area (Å²) < 4.78 is 12.5. The number of nitrogens with zero attached hydrogens (tertiary/aromatic N) is 1. The number of carbonyl (C=O) groups excluding carboxylic acids is 1. The lowest BCUT2D eigenvalue weighted by Gasteiger charge is -2.05. The molecule has 0 saturated heterocycles. The number of fused-ring (bicyclic) bond motifs is 1. The Morgan fingerprint density at radius 1 is 1.17 bits per heavy atom. The molecular formula is C17H12Br2N2O3. The van der Waals surface area contributed by atoms with Gasteiger partial charge in [0.25, 0.3) is 5.91 Å². The molecule has 0 aliphatic rings. The highest BCUT2D eigenvalue weighted by molar-refractivity contribution is 9.11. The lowest BCUT2D eigenvalue weighted by Crippen LogP contribution is -2.21. The molecule has 122 valence electrons. The van der Waals surface area contributed by atoms with Crippen LogP contribution in [0.1, 0.15) is 10.4 Å². The highest BCUT2D eigenvalue weighted by atomic mass is 79.9. The van der Waals surface area contributed by atoms with Gasteiger partial charge >= 0.3 is 0 Å². The van der Waals surface area contributed by atoms with Gasteiger partial charge in [0.2, 0.25) is 5.55 Å². The Balaban J connectivity index is 2.26. The van der Waals surface area contributed by atoms with Gasteiger partial charge in [0.15, 0.2) is 5.58 Å². The van der Waals surface area contributed by atoms with E-state index >= 15 is 0 Å². The maximum atomic E-state index is 11.8. The normalized spacial score (nSPS) is 11.7. The molecular weight excluding hydrogens is 440 g/mol. The van der Waals surface area contributed by atoms with Gasteiger partial charge in [0.1, 0.15) is 11.3 Å². The van der Waals surface area contributed by atoms with Crippen LogP contribution in [0, 0.1) is 0 Å². The smallest absolute Gasteiger partial charge is 0.254 e. The molecule has 1 heterocycles. The van der Waals surface area contributed by atoms with E-state index in [0.29, 0.717) is 17.0 Å². The number of methoxy groups -OCH3 is 1. The quantitative estimate of drug-likeness (QED) is 0.644. The molecule has 0 saturated carbocycles. The standard InChI is InChI=1S/C17H12Br2N2O3/c1-23-12-4-2-11(3-5-12)21-17-13(16(20)22)7-9-6-10(18)8-14(19)15(9)24-17/h2-8H,1H3,(H2,20,22). The average Bonchev–Trinajstić information content (AvgIpc) is 2.55. The number of rotatable bonds is 3. The molecule has 3 rings (SSSR count). The van der Waals surface area contributed by atoms with Gasteiger partial charge in [-0.1, -0.05) is 15.9 Å². The van der Waals surface area contributed by atoms with Crippen molar-refractivity contribution in [2.24, 2.45) is 10.7 Å². The van der Waals surface area contributed by atoms with E-state index in [1.807, 2.05) is 12.1 Å². The van der Waals surface area contributed by atoms with Crippen LogP contribution in [0.4, 0.5) is 5.69 Å². The highest BCUT2D eigenvalue weighted by Gasteiger charge is 2.12. The van der Waals surface area contributed by atoms with E-state index in [0.717, 1.165) is 14.3 Å². The van der Waals surface area contributed by atoms with Crippen LogP contribution in [0.15, 0.2) is 60.8 Å². The van der Waals surface area contributed by atoms with Gasteiger partial charge in [-0.15, -0.1) is 0 Å².